The van der Waals surface area contributed by atoms with Gasteiger partial charge in [0.25, 0.3) is 5.56 Å². The Hall–Kier alpha value is -4.82. The van der Waals surface area contributed by atoms with Crippen LogP contribution in [0.3, 0.4) is 0 Å². The highest BCUT2D eigenvalue weighted by Gasteiger charge is 2.13. The van der Waals surface area contributed by atoms with Crippen molar-refractivity contribution in [2.75, 3.05) is 7.11 Å². The summed E-state index contributed by atoms with van der Waals surface area (Å²) in [5.74, 6) is 0.478. The highest BCUT2D eigenvalue weighted by atomic mass is 79.9. The number of methoxy groups -OCH3 is 1. The summed E-state index contributed by atoms with van der Waals surface area (Å²) in [5.41, 5.74) is 2.54. The number of carbonyl (C=O) groups excluding carboxylic acids is 1. The van der Waals surface area contributed by atoms with E-state index in [1.807, 2.05) is 60.7 Å². The fourth-order valence-corrected chi connectivity index (χ4v) is 4.12. The molecule has 0 amide bonds. The van der Waals surface area contributed by atoms with Gasteiger partial charge in [0, 0.05) is 16.1 Å². The highest BCUT2D eigenvalue weighted by Crippen LogP contribution is 2.28. The van der Waals surface area contributed by atoms with E-state index in [-0.39, 0.29) is 11.3 Å². The van der Waals surface area contributed by atoms with Gasteiger partial charge in [0.2, 0.25) is 0 Å². The molecule has 1 aromatic heterocycles. The van der Waals surface area contributed by atoms with Crippen LogP contribution in [0.25, 0.3) is 28.4 Å². The van der Waals surface area contributed by atoms with Crippen molar-refractivity contribution < 1.29 is 14.3 Å². The summed E-state index contributed by atoms with van der Waals surface area (Å²) in [5, 5.41) is 4.94. The molecule has 0 spiro atoms. The molecule has 8 heteroatoms. The Morgan fingerprint density at radius 3 is 2.41 bits per heavy atom. The predicted octanol–water partition coefficient (Wildman–Crippen LogP) is 6.34. The van der Waals surface area contributed by atoms with Crippen LogP contribution in [-0.4, -0.2) is 29.0 Å². The summed E-state index contributed by atoms with van der Waals surface area (Å²) < 4.78 is 13.1. The number of hydrogen-bond donors (Lipinski definition) is 0. The van der Waals surface area contributed by atoms with Crippen molar-refractivity contribution in [1.29, 1.82) is 0 Å². The minimum Gasteiger partial charge on any atom is -0.493 e. The number of aromatic nitrogens is 2. The average Bonchev–Trinajstić information content (AvgIpc) is 2.97. The first kappa shape index (κ1) is 25.8. The monoisotopic (exact) mass is 579 g/mol. The third-order valence-electron chi connectivity index (χ3n) is 5.79. The van der Waals surface area contributed by atoms with Crippen molar-refractivity contribution in [2.24, 2.45) is 5.10 Å². The molecule has 0 atom stereocenters. The van der Waals surface area contributed by atoms with Gasteiger partial charge in [0.1, 0.15) is 0 Å². The molecule has 7 nitrogen and oxygen atoms in total. The van der Waals surface area contributed by atoms with Gasteiger partial charge in [-0.2, -0.15) is 9.78 Å². The van der Waals surface area contributed by atoms with Crippen molar-refractivity contribution >= 4 is 45.1 Å². The molecular weight excluding hydrogens is 558 g/mol. The first-order valence-corrected chi connectivity index (χ1v) is 12.8. The Balaban J connectivity index is 1.45. The van der Waals surface area contributed by atoms with E-state index in [1.54, 1.807) is 42.5 Å². The van der Waals surface area contributed by atoms with Gasteiger partial charge in [-0.25, -0.2) is 9.78 Å². The molecule has 0 saturated heterocycles. The number of hydrogen-bond acceptors (Lipinski definition) is 6. The second-order valence-electron chi connectivity index (χ2n) is 8.40. The van der Waals surface area contributed by atoms with Crippen LogP contribution >= 0.6 is 15.9 Å². The first-order valence-electron chi connectivity index (χ1n) is 12.0. The van der Waals surface area contributed by atoms with Gasteiger partial charge < -0.3 is 9.47 Å². The number of nitrogens with zero attached hydrogens (tertiary/aromatic N) is 3. The second kappa shape index (κ2) is 11.7. The summed E-state index contributed by atoms with van der Waals surface area (Å²) in [6.07, 6.45) is 4.56. The van der Waals surface area contributed by atoms with Gasteiger partial charge in [-0.1, -0.05) is 70.5 Å². The fraction of sp³-hybridized carbons (Fsp3) is 0.0323. The summed E-state index contributed by atoms with van der Waals surface area (Å²) in [7, 11) is 1.48. The Morgan fingerprint density at radius 2 is 1.64 bits per heavy atom. The molecule has 0 unspecified atom stereocenters. The zero-order chi connectivity index (χ0) is 27.2. The maximum absolute atomic E-state index is 13.4. The lowest BCUT2D eigenvalue weighted by Gasteiger charge is -2.10. The lowest BCUT2D eigenvalue weighted by atomic mass is 10.2. The van der Waals surface area contributed by atoms with Gasteiger partial charge in [-0.3, -0.25) is 4.79 Å². The molecule has 0 fully saturated rings. The topological polar surface area (TPSA) is 82.8 Å². The molecular formula is C31H22BrN3O4. The van der Waals surface area contributed by atoms with E-state index in [0.29, 0.717) is 28.0 Å². The van der Waals surface area contributed by atoms with Gasteiger partial charge in [-0.05, 0) is 59.7 Å². The Morgan fingerprint density at radius 1 is 0.897 bits per heavy atom. The zero-order valence-corrected chi connectivity index (χ0v) is 22.4. The Bertz CT molecular complexity index is 1760. The molecule has 192 valence electrons. The molecule has 0 aliphatic heterocycles. The molecule has 0 radical (unpaired) electrons. The van der Waals surface area contributed by atoms with Crippen LogP contribution in [0.4, 0.5) is 0 Å². The number of fused-ring (bicyclic) bond motifs is 1. The van der Waals surface area contributed by atoms with Crippen molar-refractivity contribution in [1.82, 2.24) is 9.66 Å². The van der Waals surface area contributed by atoms with E-state index >= 15 is 0 Å². The standard InChI is InChI=1S/C31H22BrN3O4/c1-38-28-19-22(11-17-27(28)39-29(36)18-12-21-7-3-2-4-8-21)20-33-35-30(23-13-15-24(32)16-14-23)34-26-10-6-5-9-25(26)31(35)37/h2-20H,1H3/b18-12+,33-20?. The quantitative estimate of drug-likeness (QED) is 0.0972. The van der Waals surface area contributed by atoms with Crippen LogP contribution in [-0.2, 0) is 4.79 Å². The molecule has 0 aliphatic carbocycles. The minimum absolute atomic E-state index is 0.262. The summed E-state index contributed by atoms with van der Waals surface area (Å²) in [4.78, 5) is 30.4. The molecule has 0 aliphatic rings. The third-order valence-corrected chi connectivity index (χ3v) is 6.32. The largest absolute Gasteiger partial charge is 0.493 e. The molecule has 5 aromatic rings. The summed E-state index contributed by atoms with van der Waals surface area (Å²) in [6.45, 7) is 0. The maximum Gasteiger partial charge on any atom is 0.336 e. The number of esters is 1. The SMILES string of the molecule is COc1cc(C=Nn2c(-c3ccc(Br)cc3)nc3ccccc3c2=O)ccc1OC(=O)/C=C/c1ccccc1. The number of ether oxygens (including phenoxy) is 2. The fourth-order valence-electron chi connectivity index (χ4n) is 3.86. The van der Waals surface area contributed by atoms with Gasteiger partial charge >= 0.3 is 5.97 Å². The Labute approximate surface area is 232 Å². The zero-order valence-electron chi connectivity index (χ0n) is 20.8. The number of carbonyl (C=O) groups is 1. The van der Waals surface area contributed by atoms with Crippen LogP contribution in [0, 0.1) is 0 Å². The minimum atomic E-state index is -0.536. The molecule has 0 saturated carbocycles. The third kappa shape index (κ3) is 6.02. The van der Waals surface area contributed by atoms with Gasteiger partial charge in [-0.15, -0.1) is 0 Å². The smallest absolute Gasteiger partial charge is 0.336 e. The lowest BCUT2D eigenvalue weighted by Crippen LogP contribution is -2.20. The van der Waals surface area contributed by atoms with Crippen LogP contribution in [0.2, 0.25) is 0 Å². The van der Waals surface area contributed by atoms with Crippen molar-refractivity contribution in [3.05, 3.63) is 129 Å². The molecule has 0 N–H and O–H groups in total. The lowest BCUT2D eigenvalue weighted by molar-refractivity contribution is -0.129. The van der Waals surface area contributed by atoms with Crippen molar-refractivity contribution in [3.63, 3.8) is 0 Å². The van der Waals surface area contributed by atoms with Crippen molar-refractivity contribution in [3.8, 4) is 22.9 Å². The highest BCUT2D eigenvalue weighted by molar-refractivity contribution is 9.10. The number of benzene rings is 4. The molecule has 39 heavy (non-hydrogen) atoms. The normalized spacial score (nSPS) is 11.3. The summed E-state index contributed by atoms with van der Waals surface area (Å²) in [6, 6.07) is 29.1. The van der Waals surface area contributed by atoms with Crippen molar-refractivity contribution in [2.45, 2.75) is 0 Å². The van der Waals surface area contributed by atoms with E-state index < -0.39 is 5.97 Å². The van der Waals surface area contributed by atoms with Crippen LogP contribution in [0.15, 0.2) is 118 Å². The van der Waals surface area contributed by atoms with E-state index in [4.69, 9.17) is 14.5 Å². The molecule has 4 aromatic carbocycles. The number of halogens is 1. The maximum atomic E-state index is 13.4. The van der Waals surface area contributed by atoms with E-state index in [9.17, 15) is 9.59 Å². The number of para-hydroxylation sites is 1. The molecule has 5 rings (SSSR count). The average molecular weight is 580 g/mol. The molecule has 1 heterocycles. The number of rotatable bonds is 7. The van der Waals surface area contributed by atoms with E-state index in [1.165, 1.54) is 24.1 Å². The summed E-state index contributed by atoms with van der Waals surface area (Å²) >= 11 is 3.44. The van der Waals surface area contributed by atoms with Crippen LogP contribution < -0.4 is 15.0 Å². The molecule has 0 bridgehead atoms. The van der Waals surface area contributed by atoms with Crippen LogP contribution in [0.1, 0.15) is 11.1 Å². The van der Waals surface area contributed by atoms with E-state index in [0.717, 1.165) is 15.6 Å². The van der Waals surface area contributed by atoms with Gasteiger partial charge in [0.15, 0.2) is 17.3 Å². The van der Waals surface area contributed by atoms with Gasteiger partial charge in [0.05, 0.1) is 24.2 Å². The second-order valence-corrected chi connectivity index (χ2v) is 9.31. The Kier molecular flexibility index (Phi) is 7.75. The van der Waals surface area contributed by atoms with E-state index in [2.05, 4.69) is 21.0 Å². The first-order chi connectivity index (χ1) is 19.0. The van der Waals surface area contributed by atoms with Crippen LogP contribution in [0.5, 0.6) is 11.5 Å². The predicted molar refractivity (Wildman–Crippen MR) is 156 cm³/mol.